The molecule has 0 aliphatic carbocycles. The van der Waals surface area contributed by atoms with Crippen LogP contribution in [0.3, 0.4) is 0 Å². The summed E-state index contributed by atoms with van der Waals surface area (Å²) in [6, 6.07) is 7.69. The third kappa shape index (κ3) is 3.64. The van der Waals surface area contributed by atoms with Crippen LogP contribution in [0.5, 0.6) is 0 Å². The fraction of sp³-hybridized carbons (Fsp3) is 0.409. The van der Waals surface area contributed by atoms with Crippen LogP contribution in [0.4, 0.5) is 5.82 Å². The van der Waals surface area contributed by atoms with Gasteiger partial charge in [-0.3, -0.25) is 13.9 Å². The number of aryl methyl sites for hydroxylation is 1. The summed E-state index contributed by atoms with van der Waals surface area (Å²) in [6.07, 6.45) is 0. The second-order valence-corrected chi connectivity index (χ2v) is 7.97. The molecule has 1 aliphatic heterocycles. The minimum atomic E-state index is -0.628. The van der Waals surface area contributed by atoms with Gasteiger partial charge in [0.1, 0.15) is 5.82 Å². The maximum atomic E-state index is 13.1. The molecule has 29 heavy (non-hydrogen) atoms. The molecule has 1 aromatic carbocycles. The normalized spacial score (nSPS) is 15.9. The summed E-state index contributed by atoms with van der Waals surface area (Å²) >= 11 is 0. The van der Waals surface area contributed by atoms with E-state index in [0.717, 1.165) is 15.7 Å². The highest BCUT2D eigenvalue weighted by Crippen LogP contribution is 2.40. The van der Waals surface area contributed by atoms with Crippen molar-refractivity contribution in [2.75, 3.05) is 11.9 Å². The van der Waals surface area contributed by atoms with E-state index in [0.29, 0.717) is 22.7 Å². The van der Waals surface area contributed by atoms with E-state index in [2.05, 4.69) is 5.32 Å². The van der Waals surface area contributed by atoms with Gasteiger partial charge in [0.25, 0.3) is 5.56 Å². The first-order valence-corrected chi connectivity index (χ1v) is 9.64. The van der Waals surface area contributed by atoms with Gasteiger partial charge >= 0.3 is 11.7 Å². The summed E-state index contributed by atoms with van der Waals surface area (Å²) in [7, 11) is 3.05. The van der Waals surface area contributed by atoms with Gasteiger partial charge in [0, 0.05) is 19.8 Å². The molecule has 154 valence electrons. The van der Waals surface area contributed by atoms with Crippen molar-refractivity contribution in [2.24, 2.45) is 20.0 Å². The van der Waals surface area contributed by atoms with Crippen LogP contribution < -0.4 is 16.6 Å². The second-order valence-electron chi connectivity index (χ2n) is 7.97. The molecule has 0 amide bonds. The quantitative estimate of drug-likeness (QED) is 0.802. The highest BCUT2D eigenvalue weighted by Gasteiger charge is 2.37. The van der Waals surface area contributed by atoms with Crippen molar-refractivity contribution in [1.29, 1.82) is 0 Å². The number of aromatic nitrogens is 2. The Balaban J connectivity index is 2.30. The Bertz CT molecular complexity index is 1120. The minimum Gasteiger partial charge on any atom is -0.462 e. The topological polar surface area (TPSA) is 82.3 Å². The third-order valence-electron chi connectivity index (χ3n) is 5.13. The second kappa shape index (κ2) is 7.73. The lowest BCUT2D eigenvalue weighted by molar-refractivity contribution is -0.140. The average molecular weight is 397 g/mol. The van der Waals surface area contributed by atoms with E-state index in [1.165, 1.54) is 11.6 Å². The number of nitrogens with one attached hydrogen (secondary N) is 1. The molecule has 0 saturated heterocycles. The molecule has 1 aliphatic rings. The lowest BCUT2D eigenvalue weighted by Crippen LogP contribution is -2.43. The van der Waals surface area contributed by atoms with Crippen molar-refractivity contribution in [3.63, 3.8) is 0 Å². The number of ether oxygens (including phenoxy) is 1. The molecule has 2 aromatic rings. The molecular formula is C22H27N3O4. The molecule has 3 rings (SSSR count). The standard InChI is InChI=1S/C22H27N3O4/c1-12(2)11-29-21(27)16-14(4)23-19-18(20(26)25(6)22(28)24(19)5)17(16)15-9-7-8-13(3)10-15/h7-10,12,17,23H,11H2,1-6H3. The molecule has 7 heteroatoms. The zero-order valence-corrected chi connectivity index (χ0v) is 17.7. The largest absolute Gasteiger partial charge is 0.462 e. The molecule has 1 unspecified atom stereocenters. The molecule has 0 bridgehead atoms. The van der Waals surface area contributed by atoms with Gasteiger partial charge in [0.05, 0.1) is 23.7 Å². The van der Waals surface area contributed by atoms with Crippen LogP contribution >= 0.6 is 0 Å². The molecule has 2 heterocycles. The maximum absolute atomic E-state index is 13.1. The van der Waals surface area contributed by atoms with Crippen LogP contribution in [0.15, 0.2) is 45.1 Å². The van der Waals surface area contributed by atoms with Gasteiger partial charge in [-0.1, -0.05) is 43.7 Å². The van der Waals surface area contributed by atoms with E-state index in [1.54, 1.807) is 14.0 Å². The zero-order chi connectivity index (χ0) is 21.5. The van der Waals surface area contributed by atoms with Crippen LogP contribution in [0.1, 0.15) is 43.4 Å². The molecule has 1 atom stereocenters. The number of fused-ring (bicyclic) bond motifs is 1. The van der Waals surface area contributed by atoms with Crippen molar-refractivity contribution < 1.29 is 9.53 Å². The van der Waals surface area contributed by atoms with Crippen LogP contribution in [0.2, 0.25) is 0 Å². The summed E-state index contributed by atoms with van der Waals surface area (Å²) in [4.78, 5) is 38.6. The summed E-state index contributed by atoms with van der Waals surface area (Å²) in [5.41, 5.74) is 2.28. The Morgan fingerprint density at radius 2 is 1.86 bits per heavy atom. The number of nitrogens with zero attached hydrogens (tertiary/aromatic N) is 2. The van der Waals surface area contributed by atoms with Crippen LogP contribution in [0, 0.1) is 12.8 Å². The summed E-state index contributed by atoms with van der Waals surface area (Å²) < 4.78 is 7.99. The van der Waals surface area contributed by atoms with Crippen molar-refractivity contribution >= 4 is 11.8 Å². The Labute approximate surface area is 169 Å². The van der Waals surface area contributed by atoms with Crippen molar-refractivity contribution in [3.8, 4) is 0 Å². The first-order chi connectivity index (χ1) is 13.6. The van der Waals surface area contributed by atoms with Gasteiger partial charge in [-0.05, 0) is 25.3 Å². The molecular weight excluding hydrogens is 370 g/mol. The predicted octanol–water partition coefficient (Wildman–Crippen LogP) is 2.42. The zero-order valence-electron chi connectivity index (χ0n) is 17.7. The number of esters is 1. The monoisotopic (exact) mass is 397 g/mol. The number of allylic oxidation sites excluding steroid dienone is 1. The minimum absolute atomic E-state index is 0.190. The number of hydrogen-bond donors (Lipinski definition) is 1. The number of rotatable bonds is 4. The van der Waals surface area contributed by atoms with Crippen LogP contribution in [-0.2, 0) is 23.6 Å². The van der Waals surface area contributed by atoms with E-state index >= 15 is 0 Å². The van der Waals surface area contributed by atoms with Gasteiger partial charge in [-0.2, -0.15) is 0 Å². The maximum Gasteiger partial charge on any atom is 0.336 e. The molecule has 0 saturated carbocycles. The molecule has 0 spiro atoms. The Kier molecular flexibility index (Phi) is 5.50. The SMILES string of the molecule is CC1=C(C(=O)OCC(C)C)C(c2cccc(C)c2)c2c(n(C)c(=O)n(C)c2=O)N1. The van der Waals surface area contributed by atoms with Crippen molar-refractivity contribution in [2.45, 2.75) is 33.6 Å². The van der Waals surface area contributed by atoms with E-state index in [-0.39, 0.29) is 12.5 Å². The van der Waals surface area contributed by atoms with Crippen LogP contribution in [0.25, 0.3) is 0 Å². The molecule has 1 N–H and O–H groups in total. The number of carbonyl (C=O) groups excluding carboxylic acids is 1. The Hall–Kier alpha value is -3.09. The first-order valence-electron chi connectivity index (χ1n) is 9.64. The van der Waals surface area contributed by atoms with E-state index in [4.69, 9.17) is 4.74 Å². The van der Waals surface area contributed by atoms with Gasteiger partial charge in [-0.25, -0.2) is 9.59 Å². The van der Waals surface area contributed by atoms with Gasteiger partial charge in [-0.15, -0.1) is 0 Å². The molecule has 0 fully saturated rings. The van der Waals surface area contributed by atoms with Gasteiger partial charge in [0.15, 0.2) is 0 Å². The number of hydrogen-bond acceptors (Lipinski definition) is 5. The highest BCUT2D eigenvalue weighted by molar-refractivity contribution is 5.94. The van der Waals surface area contributed by atoms with Crippen molar-refractivity contribution in [1.82, 2.24) is 9.13 Å². The number of anilines is 1. The van der Waals surface area contributed by atoms with Gasteiger partial charge in [0.2, 0.25) is 0 Å². The highest BCUT2D eigenvalue weighted by atomic mass is 16.5. The van der Waals surface area contributed by atoms with Gasteiger partial charge < -0.3 is 10.1 Å². The average Bonchev–Trinajstić information content (AvgIpc) is 2.67. The Morgan fingerprint density at radius 1 is 1.17 bits per heavy atom. The number of carbonyl (C=O) groups is 1. The predicted molar refractivity (Wildman–Crippen MR) is 112 cm³/mol. The third-order valence-corrected chi connectivity index (χ3v) is 5.13. The summed E-state index contributed by atoms with van der Waals surface area (Å²) in [5, 5.41) is 3.10. The molecule has 0 radical (unpaired) electrons. The summed E-state index contributed by atoms with van der Waals surface area (Å²) in [6.45, 7) is 7.94. The lowest BCUT2D eigenvalue weighted by atomic mass is 9.81. The smallest absolute Gasteiger partial charge is 0.336 e. The number of benzene rings is 1. The first kappa shape index (κ1) is 20.6. The van der Waals surface area contributed by atoms with E-state index in [1.807, 2.05) is 45.0 Å². The Morgan fingerprint density at radius 3 is 2.48 bits per heavy atom. The molecule has 1 aromatic heterocycles. The van der Waals surface area contributed by atoms with E-state index in [9.17, 15) is 14.4 Å². The summed E-state index contributed by atoms with van der Waals surface area (Å²) in [5.74, 6) is -0.495. The fourth-order valence-corrected chi connectivity index (χ4v) is 3.66. The lowest BCUT2D eigenvalue weighted by Gasteiger charge is -2.31. The van der Waals surface area contributed by atoms with Crippen LogP contribution in [-0.4, -0.2) is 21.7 Å². The molecule has 7 nitrogen and oxygen atoms in total. The fourth-order valence-electron chi connectivity index (χ4n) is 3.66. The van der Waals surface area contributed by atoms with Crippen molar-refractivity contribution in [3.05, 3.63) is 73.1 Å². The van der Waals surface area contributed by atoms with E-state index < -0.39 is 23.1 Å².